The predicted molar refractivity (Wildman–Crippen MR) is 99.1 cm³/mol. The van der Waals surface area contributed by atoms with E-state index in [-0.39, 0.29) is 0 Å². The third-order valence-electron chi connectivity index (χ3n) is 3.75. The van der Waals surface area contributed by atoms with E-state index in [4.69, 9.17) is 4.74 Å². The van der Waals surface area contributed by atoms with Crippen LogP contribution < -0.4 is 4.74 Å². The Labute approximate surface area is 147 Å². The standard InChI is InChI=1S/C22H19NO2/c1-17(22(24)14-9-18-6-5-15-23-16-18)25-21-12-10-20(11-13-21)19-7-3-2-4-8-19/h2-8,10-13,15-17,22,24H,1H3. The number of benzene rings is 2. The summed E-state index contributed by atoms with van der Waals surface area (Å²) in [5.41, 5.74) is 3.04. The number of aliphatic hydroxyl groups excluding tert-OH is 1. The van der Waals surface area contributed by atoms with E-state index in [2.05, 4.69) is 29.0 Å². The van der Waals surface area contributed by atoms with Crippen molar-refractivity contribution < 1.29 is 9.84 Å². The molecule has 0 radical (unpaired) electrons. The first-order valence-electron chi connectivity index (χ1n) is 8.14. The molecular weight excluding hydrogens is 310 g/mol. The molecule has 0 amide bonds. The average Bonchev–Trinajstić information content (AvgIpc) is 2.68. The Balaban J connectivity index is 1.63. The van der Waals surface area contributed by atoms with Gasteiger partial charge >= 0.3 is 0 Å². The highest BCUT2D eigenvalue weighted by atomic mass is 16.5. The zero-order valence-electron chi connectivity index (χ0n) is 14.0. The van der Waals surface area contributed by atoms with Crippen LogP contribution >= 0.6 is 0 Å². The number of aromatic nitrogens is 1. The second kappa shape index (κ2) is 8.14. The quantitative estimate of drug-likeness (QED) is 0.738. The van der Waals surface area contributed by atoms with Gasteiger partial charge in [-0.25, -0.2) is 0 Å². The van der Waals surface area contributed by atoms with E-state index < -0.39 is 12.2 Å². The number of hydrogen-bond donors (Lipinski definition) is 1. The van der Waals surface area contributed by atoms with E-state index in [1.807, 2.05) is 54.6 Å². The summed E-state index contributed by atoms with van der Waals surface area (Å²) in [7, 11) is 0. The lowest BCUT2D eigenvalue weighted by molar-refractivity contribution is 0.0855. The van der Waals surface area contributed by atoms with Crippen LogP contribution in [0.1, 0.15) is 12.5 Å². The Bertz CT molecular complexity index is 849. The summed E-state index contributed by atoms with van der Waals surface area (Å²) in [5.74, 6) is 6.40. The molecule has 1 aromatic heterocycles. The Kier molecular flexibility index (Phi) is 5.46. The van der Waals surface area contributed by atoms with Gasteiger partial charge in [0.1, 0.15) is 11.9 Å². The van der Waals surface area contributed by atoms with Crippen molar-refractivity contribution >= 4 is 0 Å². The van der Waals surface area contributed by atoms with Crippen molar-refractivity contribution in [2.24, 2.45) is 0 Å². The van der Waals surface area contributed by atoms with Crippen molar-refractivity contribution in [1.29, 1.82) is 0 Å². The van der Waals surface area contributed by atoms with Gasteiger partial charge in [0.05, 0.1) is 0 Å². The van der Waals surface area contributed by atoms with E-state index >= 15 is 0 Å². The average molecular weight is 329 g/mol. The van der Waals surface area contributed by atoms with Crippen molar-refractivity contribution in [1.82, 2.24) is 4.98 Å². The molecule has 2 unspecified atom stereocenters. The summed E-state index contributed by atoms with van der Waals surface area (Å²) in [5, 5.41) is 10.2. The molecule has 0 aliphatic rings. The van der Waals surface area contributed by atoms with Gasteiger partial charge in [0, 0.05) is 18.0 Å². The highest BCUT2D eigenvalue weighted by molar-refractivity contribution is 5.63. The molecule has 3 aromatic rings. The Morgan fingerprint density at radius 2 is 1.64 bits per heavy atom. The molecule has 3 rings (SSSR count). The number of ether oxygens (including phenoxy) is 1. The second-order valence-corrected chi connectivity index (χ2v) is 5.67. The van der Waals surface area contributed by atoms with Gasteiger partial charge in [-0.15, -0.1) is 0 Å². The van der Waals surface area contributed by atoms with Gasteiger partial charge in [-0.1, -0.05) is 54.3 Å². The van der Waals surface area contributed by atoms with Crippen LogP contribution in [0.5, 0.6) is 5.75 Å². The lowest BCUT2D eigenvalue weighted by Gasteiger charge is -2.17. The molecule has 25 heavy (non-hydrogen) atoms. The fourth-order valence-electron chi connectivity index (χ4n) is 2.35. The maximum Gasteiger partial charge on any atom is 0.151 e. The molecule has 124 valence electrons. The number of hydrogen-bond acceptors (Lipinski definition) is 3. The summed E-state index contributed by atoms with van der Waals surface area (Å²) < 4.78 is 5.79. The molecule has 0 saturated carbocycles. The van der Waals surface area contributed by atoms with E-state index in [1.165, 1.54) is 0 Å². The second-order valence-electron chi connectivity index (χ2n) is 5.67. The van der Waals surface area contributed by atoms with Crippen molar-refractivity contribution in [2.75, 3.05) is 0 Å². The van der Waals surface area contributed by atoms with Crippen molar-refractivity contribution in [3.63, 3.8) is 0 Å². The zero-order chi connectivity index (χ0) is 17.5. The van der Waals surface area contributed by atoms with Crippen LogP contribution in [0.4, 0.5) is 0 Å². The fraction of sp³-hybridized carbons (Fsp3) is 0.136. The number of pyridine rings is 1. The number of rotatable bonds is 4. The van der Waals surface area contributed by atoms with Crippen molar-refractivity contribution in [3.8, 4) is 28.7 Å². The minimum absolute atomic E-state index is 0.438. The van der Waals surface area contributed by atoms with Crippen LogP contribution in [0.25, 0.3) is 11.1 Å². The van der Waals surface area contributed by atoms with Crippen LogP contribution in [0.2, 0.25) is 0 Å². The first-order chi connectivity index (χ1) is 12.2. The Hall–Kier alpha value is -3.09. The van der Waals surface area contributed by atoms with E-state index in [1.54, 1.807) is 19.3 Å². The Morgan fingerprint density at radius 1 is 0.920 bits per heavy atom. The molecule has 0 aliphatic carbocycles. The fourth-order valence-corrected chi connectivity index (χ4v) is 2.35. The van der Waals surface area contributed by atoms with Gasteiger partial charge in [-0.05, 0) is 42.3 Å². The minimum Gasteiger partial charge on any atom is -0.487 e. The normalized spacial score (nSPS) is 12.6. The SMILES string of the molecule is CC(Oc1ccc(-c2ccccc2)cc1)C(O)C#Cc1cccnc1. The van der Waals surface area contributed by atoms with Crippen LogP contribution in [0.3, 0.4) is 0 Å². The van der Waals surface area contributed by atoms with Crippen molar-refractivity contribution in [2.45, 2.75) is 19.1 Å². The molecule has 0 saturated heterocycles. The summed E-state index contributed by atoms with van der Waals surface area (Å²) in [6.45, 7) is 1.80. The maximum absolute atomic E-state index is 10.2. The molecule has 2 atom stereocenters. The first kappa shape index (κ1) is 16.8. The third kappa shape index (κ3) is 4.69. The molecule has 0 bridgehead atoms. The largest absolute Gasteiger partial charge is 0.487 e. The predicted octanol–water partition coefficient (Wildman–Crippen LogP) is 3.93. The van der Waals surface area contributed by atoms with Gasteiger partial charge in [0.15, 0.2) is 6.10 Å². The van der Waals surface area contributed by atoms with Crippen molar-refractivity contribution in [3.05, 3.63) is 84.7 Å². The monoisotopic (exact) mass is 329 g/mol. The molecular formula is C22H19NO2. The summed E-state index contributed by atoms with van der Waals surface area (Å²) in [6, 6.07) is 21.6. The van der Waals surface area contributed by atoms with Crippen LogP contribution in [0, 0.1) is 11.8 Å². The van der Waals surface area contributed by atoms with E-state index in [9.17, 15) is 5.11 Å². The highest BCUT2D eigenvalue weighted by Gasteiger charge is 2.13. The van der Waals surface area contributed by atoms with Gasteiger partial charge in [0.2, 0.25) is 0 Å². The molecule has 0 spiro atoms. The van der Waals surface area contributed by atoms with Gasteiger partial charge in [-0.2, -0.15) is 0 Å². The molecule has 2 aromatic carbocycles. The summed E-state index contributed by atoms with van der Waals surface area (Å²) >= 11 is 0. The van der Waals surface area contributed by atoms with Gasteiger partial charge in [-0.3, -0.25) is 4.98 Å². The topological polar surface area (TPSA) is 42.4 Å². The lowest BCUT2D eigenvalue weighted by Crippen LogP contribution is -2.27. The molecule has 3 nitrogen and oxygen atoms in total. The highest BCUT2D eigenvalue weighted by Crippen LogP contribution is 2.22. The van der Waals surface area contributed by atoms with Gasteiger partial charge in [0.25, 0.3) is 0 Å². The molecule has 3 heteroatoms. The third-order valence-corrected chi connectivity index (χ3v) is 3.75. The van der Waals surface area contributed by atoms with Gasteiger partial charge < -0.3 is 9.84 Å². The molecule has 0 fully saturated rings. The van der Waals surface area contributed by atoms with E-state index in [0.29, 0.717) is 5.75 Å². The zero-order valence-corrected chi connectivity index (χ0v) is 14.0. The van der Waals surface area contributed by atoms with Crippen LogP contribution in [0.15, 0.2) is 79.1 Å². The molecule has 0 aliphatic heterocycles. The smallest absolute Gasteiger partial charge is 0.151 e. The molecule has 1 heterocycles. The number of aliphatic hydroxyl groups is 1. The van der Waals surface area contributed by atoms with E-state index in [0.717, 1.165) is 16.7 Å². The first-order valence-corrected chi connectivity index (χ1v) is 8.14. The maximum atomic E-state index is 10.2. The molecule has 1 N–H and O–H groups in total. The van der Waals surface area contributed by atoms with Crippen LogP contribution in [-0.4, -0.2) is 22.3 Å². The number of nitrogens with zero attached hydrogens (tertiary/aromatic N) is 1. The minimum atomic E-state index is -0.881. The summed E-state index contributed by atoms with van der Waals surface area (Å²) in [6.07, 6.45) is 2.03. The lowest BCUT2D eigenvalue weighted by atomic mass is 10.1. The summed E-state index contributed by atoms with van der Waals surface area (Å²) in [4.78, 5) is 3.99. The Morgan fingerprint density at radius 3 is 2.32 bits per heavy atom. The van der Waals surface area contributed by atoms with Crippen LogP contribution in [-0.2, 0) is 0 Å².